The van der Waals surface area contributed by atoms with Gasteiger partial charge in [0.05, 0.1) is 0 Å². The Morgan fingerprint density at radius 1 is 0.833 bits per heavy atom. The summed E-state index contributed by atoms with van der Waals surface area (Å²) >= 11 is 0.970. The van der Waals surface area contributed by atoms with Crippen molar-refractivity contribution in [2.75, 3.05) is 6.54 Å². The second-order valence-electron chi connectivity index (χ2n) is 5.10. The first-order chi connectivity index (χ1) is 8.81. The number of hydrogen-bond acceptors (Lipinski definition) is 0. The van der Waals surface area contributed by atoms with Crippen LogP contribution in [-0.4, -0.2) is 8.31 Å². The second kappa shape index (κ2) is 16.0. The molecule has 0 aromatic rings. The van der Waals surface area contributed by atoms with Gasteiger partial charge in [-0.25, -0.2) is 0 Å². The molecule has 0 amide bonds. The molecule has 0 saturated carbocycles. The summed E-state index contributed by atoms with van der Waals surface area (Å²) in [5.74, 6) is 0. The van der Waals surface area contributed by atoms with Crippen LogP contribution < -0.4 is 0 Å². The first kappa shape index (κ1) is 18.9. The summed E-state index contributed by atoms with van der Waals surface area (Å²) in [7, 11) is 0. The predicted octanol–water partition coefficient (Wildman–Crippen LogP) is 5.43. The van der Waals surface area contributed by atoms with Crippen molar-refractivity contribution in [2.24, 2.45) is 0 Å². The summed E-state index contributed by atoms with van der Waals surface area (Å²) in [6, 6.07) is 0. The molecule has 0 heterocycles. The van der Waals surface area contributed by atoms with Crippen molar-refractivity contribution in [2.45, 2.75) is 77.0 Å². The normalized spacial score (nSPS) is 10.6. The topological polar surface area (TPSA) is 23.8 Å². The molecule has 102 valence electrons. The van der Waals surface area contributed by atoms with Gasteiger partial charge in [-0.2, -0.15) is 6.54 Å². The van der Waals surface area contributed by atoms with E-state index in [1.54, 1.807) is 0 Å². The molecule has 0 aromatic heterocycles. The van der Waals surface area contributed by atoms with Gasteiger partial charge in [-0.3, -0.25) is 0 Å². The Hall–Kier alpha value is 0.895. The number of unbranched alkanes of at least 4 members (excludes halogenated alkanes) is 9. The van der Waals surface area contributed by atoms with E-state index in [9.17, 15) is 0 Å². The van der Waals surface area contributed by atoms with E-state index < -0.39 is 0 Å². The van der Waals surface area contributed by atoms with Crippen molar-refractivity contribution in [1.29, 1.82) is 0 Å². The molecule has 0 spiro atoms. The molecule has 1 N–H and O–H groups in total. The summed E-state index contributed by atoms with van der Waals surface area (Å²) in [6.07, 6.45) is 15.5. The number of allylic oxidation sites excluding steroid dienone is 1. The van der Waals surface area contributed by atoms with Crippen LogP contribution in [0.2, 0.25) is 0 Å². The van der Waals surface area contributed by atoms with Gasteiger partial charge in [-0.15, -0.1) is 0 Å². The van der Waals surface area contributed by atoms with E-state index in [-0.39, 0.29) is 0 Å². The van der Waals surface area contributed by atoms with E-state index >= 15 is 0 Å². The third-order valence-electron chi connectivity index (χ3n) is 3.29. The van der Waals surface area contributed by atoms with Crippen molar-refractivity contribution >= 4 is 1.76 Å². The van der Waals surface area contributed by atoms with Gasteiger partial charge in [-0.1, -0.05) is 12.8 Å². The van der Waals surface area contributed by atoms with Gasteiger partial charge in [0.15, 0.2) is 0 Å². The van der Waals surface area contributed by atoms with Crippen LogP contribution in [0.15, 0.2) is 5.57 Å². The van der Waals surface area contributed by atoms with Gasteiger partial charge in [0.25, 0.3) is 0 Å². The minimum atomic E-state index is 0.610. The average Bonchev–Trinajstić information content (AvgIpc) is 2.36. The molecule has 0 aliphatic heterocycles. The summed E-state index contributed by atoms with van der Waals surface area (Å²) in [5, 5.41) is 0. The Bertz CT molecular complexity index is 201. The van der Waals surface area contributed by atoms with E-state index in [2.05, 4.69) is 1.76 Å². The molecule has 0 aromatic carbocycles. The third-order valence-corrected chi connectivity index (χ3v) is 4.13. The van der Waals surface area contributed by atoms with Crippen LogP contribution >= 0.6 is 0 Å². The van der Waals surface area contributed by atoms with Crippen LogP contribution in [0.3, 0.4) is 0 Å². The molecule has 0 radical (unpaired) electrons. The van der Waals surface area contributed by atoms with E-state index in [4.69, 9.17) is 12.3 Å². The van der Waals surface area contributed by atoms with Crippen molar-refractivity contribution in [3.05, 3.63) is 17.9 Å². The van der Waals surface area contributed by atoms with Crippen LogP contribution in [0.1, 0.15) is 77.0 Å². The van der Waals surface area contributed by atoms with Gasteiger partial charge < -0.3 is 5.73 Å². The van der Waals surface area contributed by atoms with Crippen molar-refractivity contribution < 1.29 is 37.4 Å². The van der Waals surface area contributed by atoms with Crippen LogP contribution in [0, 0.1) is 44.0 Å². The quantitative estimate of drug-likeness (QED) is 0.240. The van der Waals surface area contributed by atoms with Gasteiger partial charge in [0.2, 0.25) is 0 Å². The number of nitrogens with one attached hydrogen (secondary N) is 1. The molecule has 0 saturated heterocycles. The Balaban J connectivity index is 3.03. The molecular weight excluding hydrogens is 438 g/mol. The monoisotopic (exact) mass is 467 g/mol. The SMILES string of the molecule is [CH-]=C(C[CH]=[Th+2])CCCCCCCCCCCC[NH-]. The number of rotatable bonds is 14. The van der Waals surface area contributed by atoms with Gasteiger partial charge in [0.1, 0.15) is 0 Å². The minimum absolute atomic E-state index is 0.610. The fraction of sp³-hybridized carbons (Fsp3) is 0.812. The van der Waals surface area contributed by atoms with E-state index in [0.717, 1.165) is 56.6 Å². The summed E-state index contributed by atoms with van der Waals surface area (Å²) < 4.78 is 2.30. The fourth-order valence-electron chi connectivity index (χ4n) is 2.12. The summed E-state index contributed by atoms with van der Waals surface area (Å²) in [6.45, 7) is 6.51. The average molecular weight is 467 g/mol. The zero-order valence-electron chi connectivity index (χ0n) is 11.8. The molecule has 0 aliphatic rings. The molecule has 0 aliphatic carbocycles. The molecule has 18 heavy (non-hydrogen) atoms. The zero-order valence-corrected chi connectivity index (χ0v) is 16.0. The van der Waals surface area contributed by atoms with Crippen LogP contribution in [0.25, 0.3) is 5.73 Å². The minimum Gasteiger partial charge on any atom is -0.677 e. The van der Waals surface area contributed by atoms with Crippen LogP contribution in [0.4, 0.5) is 0 Å². The molecule has 0 unspecified atom stereocenters. The Morgan fingerprint density at radius 2 is 1.28 bits per heavy atom. The summed E-state index contributed by atoms with van der Waals surface area (Å²) in [4.78, 5) is 0. The molecule has 1 nitrogen and oxygen atoms in total. The Kier molecular flexibility index (Phi) is 16.7. The Morgan fingerprint density at radius 3 is 1.72 bits per heavy atom. The molecule has 0 bridgehead atoms. The predicted molar refractivity (Wildman–Crippen MR) is 78.5 cm³/mol. The maximum absolute atomic E-state index is 7.06. The van der Waals surface area contributed by atoms with E-state index in [1.165, 1.54) is 63.4 Å². The molecule has 2 heteroatoms. The molecule has 0 rings (SSSR count). The zero-order chi connectivity index (χ0) is 13.5. The smallest absolute Gasteiger partial charge is 0.677 e. The second-order valence-corrected chi connectivity index (χ2v) is 6.78. The van der Waals surface area contributed by atoms with E-state index in [1.807, 2.05) is 0 Å². The first-order valence-electron chi connectivity index (χ1n) is 7.55. The first-order valence-corrected chi connectivity index (χ1v) is 9.92. The van der Waals surface area contributed by atoms with Crippen LogP contribution in [0.5, 0.6) is 0 Å². The van der Waals surface area contributed by atoms with Crippen LogP contribution in [-0.2, 0) is 0 Å². The number of hydrogen-bond donors (Lipinski definition) is 0. The van der Waals surface area contributed by atoms with Crippen molar-refractivity contribution in [3.8, 4) is 0 Å². The molecular formula is C16H29NTh. The molecule has 0 atom stereocenters. The van der Waals surface area contributed by atoms with Crippen molar-refractivity contribution in [3.63, 3.8) is 0 Å². The maximum atomic E-state index is 7.06. The van der Waals surface area contributed by atoms with Gasteiger partial charge in [0, 0.05) is 0 Å². The fourth-order valence-corrected chi connectivity index (χ4v) is 3.20. The van der Waals surface area contributed by atoms with Gasteiger partial charge in [-0.05, 0) is 0 Å². The summed E-state index contributed by atoms with van der Waals surface area (Å²) in [5.41, 5.74) is 8.25. The standard InChI is InChI=1S/C16H29N.Th/c1-3-16(2)14-12-10-8-6-4-5-7-9-11-13-15-17;/h1-2,17H,3-15H2;/q-2;+2. The van der Waals surface area contributed by atoms with Gasteiger partial charge >= 0.3 is 116 Å². The molecule has 0 fully saturated rings. The third kappa shape index (κ3) is 15.0. The Labute approximate surface area is 139 Å². The van der Waals surface area contributed by atoms with Crippen molar-refractivity contribution in [1.82, 2.24) is 0 Å². The van der Waals surface area contributed by atoms with E-state index in [0.29, 0.717) is 6.54 Å².